The lowest BCUT2D eigenvalue weighted by atomic mass is 10.1. The molecule has 0 aliphatic heterocycles. The number of benzene rings is 1. The summed E-state index contributed by atoms with van der Waals surface area (Å²) in [4.78, 5) is 40.8. The van der Waals surface area contributed by atoms with Crippen molar-refractivity contribution in [1.29, 1.82) is 0 Å². The summed E-state index contributed by atoms with van der Waals surface area (Å²) < 4.78 is 1.06. The van der Waals surface area contributed by atoms with Gasteiger partial charge in [0.25, 0.3) is 11.5 Å². The van der Waals surface area contributed by atoms with E-state index in [9.17, 15) is 19.5 Å². The SMILES string of the molecule is Cc1c(C(N)=O)sc2ncn(C(C(=O)O)c3ccccc3)c(=O)c12. The third kappa shape index (κ3) is 2.46. The summed E-state index contributed by atoms with van der Waals surface area (Å²) in [6.45, 7) is 1.60. The second-order valence-corrected chi connectivity index (χ2v) is 6.21. The number of aliphatic carboxylic acids is 1. The average molecular weight is 343 g/mol. The number of carboxylic acids is 1. The summed E-state index contributed by atoms with van der Waals surface area (Å²) in [6, 6.07) is 7.21. The van der Waals surface area contributed by atoms with Gasteiger partial charge in [-0.05, 0) is 18.1 Å². The molecule has 0 spiro atoms. The van der Waals surface area contributed by atoms with Crippen molar-refractivity contribution in [3.63, 3.8) is 0 Å². The highest BCUT2D eigenvalue weighted by Crippen LogP contribution is 2.27. The number of fused-ring (bicyclic) bond motifs is 1. The molecule has 0 saturated carbocycles. The number of thiophene rings is 1. The molecule has 8 heteroatoms. The molecule has 0 radical (unpaired) electrons. The van der Waals surface area contributed by atoms with E-state index in [4.69, 9.17) is 5.73 Å². The molecule has 7 nitrogen and oxygen atoms in total. The van der Waals surface area contributed by atoms with Crippen LogP contribution in [-0.2, 0) is 4.79 Å². The van der Waals surface area contributed by atoms with Crippen LogP contribution in [0.2, 0.25) is 0 Å². The predicted octanol–water partition coefficient (Wildman–Crippen LogP) is 1.54. The molecular weight excluding hydrogens is 330 g/mol. The van der Waals surface area contributed by atoms with Gasteiger partial charge in [-0.3, -0.25) is 14.2 Å². The molecule has 122 valence electrons. The van der Waals surface area contributed by atoms with E-state index < -0.39 is 23.5 Å². The van der Waals surface area contributed by atoms with Crippen molar-refractivity contribution in [1.82, 2.24) is 9.55 Å². The van der Waals surface area contributed by atoms with Gasteiger partial charge in [0.05, 0.1) is 10.3 Å². The Hall–Kier alpha value is -3.00. The highest BCUT2D eigenvalue weighted by molar-refractivity contribution is 7.20. The van der Waals surface area contributed by atoms with E-state index in [0.29, 0.717) is 16.0 Å². The van der Waals surface area contributed by atoms with Crippen LogP contribution in [0.15, 0.2) is 41.5 Å². The highest BCUT2D eigenvalue weighted by Gasteiger charge is 2.25. The molecule has 2 aromatic heterocycles. The fourth-order valence-corrected chi connectivity index (χ4v) is 3.61. The number of hydrogen-bond acceptors (Lipinski definition) is 5. The standard InChI is InChI=1S/C16H13N3O4S/c1-8-10-14(24-12(8)13(17)20)18-7-19(15(10)21)11(16(22)23)9-5-3-2-4-6-9/h2-7,11H,1H3,(H2,17,20)(H,22,23). The third-order valence-electron chi connectivity index (χ3n) is 3.73. The summed E-state index contributed by atoms with van der Waals surface area (Å²) in [7, 11) is 0. The van der Waals surface area contributed by atoms with Crippen LogP contribution in [0.4, 0.5) is 0 Å². The first-order valence-corrected chi connectivity index (χ1v) is 7.81. The zero-order chi connectivity index (χ0) is 17.4. The summed E-state index contributed by atoms with van der Waals surface area (Å²) in [5.41, 5.74) is 5.67. The molecule has 3 aromatic rings. The normalized spacial score (nSPS) is 12.2. The number of carboxylic acid groups (broad SMARTS) is 1. The monoisotopic (exact) mass is 343 g/mol. The maximum absolute atomic E-state index is 12.8. The lowest BCUT2D eigenvalue weighted by Gasteiger charge is -2.15. The van der Waals surface area contributed by atoms with Gasteiger partial charge in [0.1, 0.15) is 11.2 Å². The van der Waals surface area contributed by atoms with Gasteiger partial charge in [-0.2, -0.15) is 0 Å². The molecule has 0 fully saturated rings. The zero-order valence-corrected chi connectivity index (χ0v) is 13.4. The number of nitrogens with two attached hydrogens (primary N) is 1. The molecule has 1 amide bonds. The van der Waals surface area contributed by atoms with E-state index in [2.05, 4.69) is 4.98 Å². The van der Waals surface area contributed by atoms with Crippen LogP contribution >= 0.6 is 11.3 Å². The van der Waals surface area contributed by atoms with Crippen LogP contribution in [0, 0.1) is 6.92 Å². The van der Waals surface area contributed by atoms with Crippen LogP contribution in [0.1, 0.15) is 26.8 Å². The highest BCUT2D eigenvalue weighted by atomic mass is 32.1. The van der Waals surface area contributed by atoms with Crippen molar-refractivity contribution in [3.05, 3.63) is 63.0 Å². The molecule has 1 unspecified atom stereocenters. The topological polar surface area (TPSA) is 115 Å². The number of aromatic nitrogens is 2. The van der Waals surface area contributed by atoms with E-state index in [1.165, 1.54) is 6.33 Å². The van der Waals surface area contributed by atoms with Gasteiger partial charge in [0, 0.05) is 0 Å². The molecular formula is C16H13N3O4S. The predicted molar refractivity (Wildman–Crippen MR) is 89.4 cm³/mol. The smallest absolute Gasteiger partial charge is 0.331 e. The number of hydrogen-bond donors (Lipinski definition) is 2. The molecule has 1 atom stereocenters. The van der Waals surface area contributed by atoms with Crippen molar-refractivity contribution in [2.24, 2.45) is 5.73 Å². The Bertz CT molecular complexity index is 1010. The lowest BCUT2D eigenvalue weighted by Crippen LogP contribution is -2.31. The largest absolute Gasteiger partial charge is 0.479 e. The molecule has 3 N–H and O–H groups in total. The molecule has 24 heavy (non-hydrogen) atoms. The van der Waals surface area contributed by atoms with Crippen molar-refractivity contribution >= 4 is 33.4 Å². The van der Waals surface area contributed by atoms with Crippen LogP contribution in [0.25, 0.3) is 10.2 Å². The third-order valence-corrected chi connectivity index (χ3v) is 4.94. The Balaban J connectivity index is 2.28. The van der Waals surface area contributed by atoms with Gasteiger partial charge in [0.15, 0.2) is 6.04 Å². The van der Waals surface area contributed by atoms with Gasteiger partial charge in [-0.15, -0.1) is 11.3 Å². The molecule has 0 saturated heterocycles. The van der Waals surface area contributed by atoms with Crippen LogP contribution in [-0.4, -0.2) is 26.5 Å². The number of carbonyl (C=O) groups is 2. The Labute approximate surface area is 140 Å². The zero-order valence-electron chi connectivity index (χ0n) is 12.6. The Kier molecular flexibility index (Phi) is 3.90. The number of nitrogens with zero attached hydrogens (tertiary/aromatic N) is 2. The Morgan fingerprint density at radius 1 is 1.29 bits per heavy atom. The second kappa shape index (κ2) is 5.89. The van der Waals surface area contributed by atoms with Crippen LogP contribution < -0.4 is 11.3 Å². The average Bonchev–Trinajstić information content (AvgIpc) is 2.88. The van der Waals surface area contributed by atoms with Gasteiger partial charge in [0.2, 0.25) is 0 Å². The quantitative estimate of drug-likeness (QED) is 0.745. The fraction of sp³-hybridized carbons (Fsp3) is 0.125. The van der Waals surface area contributed by atoms with Crippen LogP contribution in [0.3, 0.4) is 0 Å². The first-order valence-electron chi connectivity index (χ1n) is 6.99. The molecule has 2 heterocycles. The summed E-state index contributed by atoms with van der Waals surface area (Å²) in [5, 5.41) is 9.80. The summed E-state index contributed by atoms with van der Waals surface area (Å²) >= 11 is 1.02. The minimum absolute atomic E-state index is 0.221. The number of rotatable bonds is 4. The molecule has 0 aliphatic rings. The molecule has 0 aliphatic carbocycles. The summed E-state index contributed by atoms with van der Waals surface area (Å²) in [5.74, 6) is -1.81. The number of amides is 1. The minimum atomic E-state index is -1.20. The first kappa shape index (κ1) is 15.9. The summed E-state index contributed by atoms with van der Waals surface area (Å²) in [6.07, 6.45) is 1.19. The van der Waals surface area contributed by atoms with Crippen LogP contribution in [0.5, 0.6) is 0 Å². The van der Waals surface area contributed by atoms with Gasteiger partial charge < -0.3 is 10.8 Å². The van der Waals surface area contributed by atoms with Gasteiger partial charge in [-0.25, -0.2) is 9.78 Å². The van der Waals surface area contributed by atoms with Crippen molar-refractivity contribution in [2.75, 3.05) is 0 Å². The van der Waals surface area contributed by atoms with Gasteiger partial charge >= 0.3 is 5.97 Å². The lowest BCUT2D eigenvalue weighted by molar-refractivity contribution is -0.139. The maximum atomic E-state index is 12.8. The van der Waals surface area contributed by atoms with E-state index in [1.807, 2.05) is 0 Å². The molecule has 3 rings (SSSR count). The molecule has 0 bridgehead atoms. The number of carbonyl (C=O) groups excluding carboxylic acids is 1. The van der Waals surface area contributed by atoms with Crippen molar-refractivity contribution in [2.45, 2.75) is 13.0 Å². The van der Waals surface area contributed by atoms with E-state index >= 15 is 0 Å². The fourth-order valence-electron chi connectivity index (χ4n) is 2.61. The second-order valence-electron chi connectivity index (χ2n) is 5.21. The minimum Gasteiger partial charge on any atom is -0.479 e. The Morgan fingerprint density at radius 3 is 2.54 bits per heavy atom. The number of primary amides is 1. The maximum Gasteiger partial charge on any atom is 0.331 e. The molecule has 1 aromatic carbocycles. The van der Waals surface area contributed by atoms with E-state index in [-0.39, 0.29) is 10.3 Å². The Morgan fingerprint density at radius 2 is 1.96 bits per heavy atom. The number of aryl methyl sites for hydroxylation is 1. The van der Waals surface area contributed by atoms with E-state index in [0.717, 1.165) is 15.9 Å². The first-order chi connectivity index (χ1) is 11.4. The van der Waals surface area contributed by atoms with Crippen molar-refractivity contribution < 1.29 is 14.7 Å². The van der Waals surface area contributed by atoms with Crippen molar-refractivity contribution in [3.8, 4) is 0 Å². The van der Waals surface area contributed by atoms with E-state index in [1.54, 1.807) is 37.3 Å². The van der Waals surface area contributed by atoms with Gasteiger partial charge in [-0.1, -0.05) is 30.3 Å².